The maximum atomic E-state index is 12.3. The lowest BCUT2D eigenvalue weighted by Gasteiger charge is -2.12. The van der Waals surface area contributed by atoms with Crippen LogP contribution in [-0.2, 0) is 10.0 Å². The minimum atomic E-state index is -3.81. The predicted molar refractivity (Wildman–Crippen MR) is 83.5 cm³/mol. The molecule has 1 N–H and O–H groups in total. The summed E-state index contributed by atoms with van der Waals surface area (Å²) in [4.78, 5) is -0.0685. The molecule has 7 heteroatoms. The summed E-state index contributed by atoms with van der Waals surface area (Å²) in [7, 11) is -3.81. The summed E-state index contributed by atoms with van der Waals surface area (Å²) < 4.78 is 27.1. The van der Waals surface area contributed by atoms with Crippen LogP contribution < -0.4 is 4.72 Å². The molecule has 0 saturated carbocycles. The van der Waals surface area contributed by atoms with E-state index in [0.717, 1.165) is 0 Å². The first kappa shape index (κ1) is 15.4. The van der Waals surface area contributed by atoms with Gasteiger partial charge in [0.05, 0.1) is 15.7 Å². The van der Waals surface area contributed by atoms with Gasteiger partial charge in [0, 0.05) is 5.02 Å². The van der Waals surface area contributed by atoms with Gasteiger partial charge in [-0.3, -0.25) is 4.72 Å². The minimum absolute atomic E-state index is 0.00622. The van der Waals surface area contributed by atoms with Crippen LogP contribution in [0.25, 0.3) is 0 Å². The summed E-state index contributed by atoms with van der Waals surface area (Å²) in [5, 5.41) is 0.710. The third-order valence-corrected chi connectivity index (χ3v) is 5.21. The van der Waals surface area contributed by atoms with Gasteiger partial charge in [0.15, 0.2) is 0 Å². The summed E-state index contributed by atoms with van der Waals surface area (Å²) in [6, 6.07) is 9.30. The van der Waals surface area contributed by atoms with E-state index >= 15 is 0 Å². The summed E-state index contributed by atoms with van der Waals surface area (Å²) in [5.41, 5.74) is 1.14. The molecular formula is C13H10Cl3NO2S. The van der Waals surface area contributed by atoms with Gasteiger partial charge in [0.25, 0.3) is 10.0 Å². The number of halogens is 3. The van der Waals surface area contributed by atoms with E-state index in [9.17, 15) is 8.42 Å². The van der Waals surface area contributed by atoms with Gasteiger partial charge in [-0.25, -0.2) is 8.42 Å². The number of rotatable bonds is 3. The molecule has 0 saturated heterocycles. The first-order valence-corrected chi connectivity index (χ1v) is 8.16. The topological polar surface area (TPSA) is 46.2 Å². The molecule has 0 unspecified atom stereocenters. The third-order valence-electron chi connectivity index (χ3n) is 2.64. The highest BCUT2D eigenvalue weighted by Gasteiger charge is 2.20. The fourth-order valence-corrected chi connectivity index (χ4v) is 3.75. The maximum Gasteiger partial charge on any atom is 0.263 e. The van der Waals surface area contributed by atoms with Gasteiger partial charge in [-0.1, -0.05) is 40.9 Å². The van der Waals surface area contributed by atoms with Crippen LogP contribution in [-0.4, -0.2) is 8.42 Å². The van der Waals surface area contributed by atoms with Crippen LogP contribution in [0.4, 0.5) is 5.69 Å². The lowest BCUT2D eigenvalue weighted by Crippen LogP contribution is -2.14. The largest absolute Gasteiger partial charge is 0.279 e. The molecular weight excluding hydrogens is 341 g/mol. The van der Waals surface area contributed by atoms with E-state index in [0.29, 0.717) is 16.3 Å². The number of sulfonamides is 1. The molecule has 0 aromatic heterocycles. The molecule has 2 rings (SSSR count). The zero-order valence-electron chi connectivity index (χ0n) is 10.3. The smallest absolute Gasteiger partial charge is 0.263 e. The Morgan fingerprint density at radius 1 is 1.05 bits per heavy atom. The monoisotopic (exact) mass is 349 g/mol. The Balaban J connectivity index is 2.44. The van der Waals surface area contributed by atoms with Crippen molar-refractivity contribution >= 4 is 50.5 Å². The number of anilines is 1. The fourth-order valence-electron chi connectivity index (χ4n) is 1.63. The van der Waals surface area contributed by atoms with Crippen molar-refractivity contribution in [2.45, 2.75) is 11.8 Å². The minimum Gasteiger partial charge on any atom is -0.279 e. The Morgan fingerprint density at radius 3 is 2.40 bits per heavy atom. The highest BCUT2D eigenvalue weighted by Crippen LogP contribution is 2.31. The molecule has 0 heterocycles. The average molecular weight is 351 g/mol. The van der Waals surface area contributed by atoms with Crippen molar-refractivity contribution in [3.05, 3.63) is 57.0 Å². The van der Waals surface area contributed by atoms with Crippen LogP contribution >= 0.6 is 34.8 Å². The molecule has 0 amide bonds. The van der Waals surface area contributed by atoms with Crippen LogP contribution in [0.5, 0.6) is 0 Å². The van der Waals surface area contributed by atoms with Crippen molar-refractivity contribution in [1.29, 1.82) is 0 Å². The molecule has 0 radical (unpaired) electrons. The lowest BCUT2D eigenvalue weighted by atomic mass is 10.2. The number of aryl methyl sites for hydroxylation is 1. The first-order valence-electron chi connectivity index (χ1n) is 5.54. The Kier molecular flexibility index (Phi) is 4.49. The molecule has 2 aromatic carbocycles. The molecule has 0 spiro atoms. The Hall–Kier alpha value is -0.940. The van der Waals surface area contributed by atoms with E-state index in [-0.39, 0.29) is 14.9 Å². The number of nitrogens with one attached hydrogen (secondary N) is 1. The van der Waals surface area contributed by atoms with Crippen LogP contribution in [0.1, 0.15) is 5.56 Å². The van der Waals surface area contributed by atoms with Crippen LogP contribution in [0.15, 0.2) is 41.3 Å². The molecule has 106 valence electrons. The van der Waals surface area contributed by atoms with Crippen molar-refractivity contribution in [2.24, 2.45) is 0 Å². The maximum absolute atomic E-state index is 12.3. The van der Waals surface area contributed by atoms with E-state index in [1.165, 1.54) is 18.2 Å². The number of hydrogen-bond acceptors (Lipinski definition) is 2. The van der Waals surface area contributed by atoms with Gasteiger partial charge < -0.3 is 0 Å². The average Bonchev–Trinajstić information content (AvgIpc) is 2.36. The van der Waals surface area contributed by atoms with E-state index in [4.69, 9.17) is 34.8 Å². The van der Waals surface area contributed by atoms with Crippen LogP contribution in [0.2, 0.25) is 15.1 Å². The second-order valence-electron chi connectivity index (χ2n) is 4.12. The van der Waals surface area contributed by atoms with Gasteiger partial charge in [-0.05, 0) is 42.8 Å². The van der Waals surface area contributed by atoms with Crippen molar-refractivity contribution in [3.8, 4) is 0 Å². The Morgan fingerprint density at radius 2 is 1.75 bits per heavy atom. The zero-order chi connectivity index (χ0) is 14.9. The first-order chi connectivity index (χ1) is 9.31. The van der Waals surface area contributed by atoms with Crippen LogP contribution in [0, 0.1) is 6.92 Å². The molecule has 0 atom stereocenters. The standard InChI is InChI=1S/C13H10Cl3NO2S/c1-8-7-9(14)5-6-11(8)17-20(18,19)12-4-2-3-10(15)13(12)16/h2-7,17H,1H3. The third kappa shape index (κ3) is 3.20. The second kappa shape index (κ2) is 5.82. The second-order valence-corrected chi connectivity index (χ2v) is 6.99. The SMILES string of the molecule is Cc1cc(Cl)ccc1NS(=O)(=O)c1cccc(Cl)c1Cl. The van der Waals surface area contributed by atoms with Crippen molar-refractivity contribution in [2.75, 3.05) is 4.72 Å². The highest BCUT2D eigenvalue weighted by molar-refractivity contribution is 7.92. The Bertz CT molecular complexity index is 760. The normalized spacial score (nSPS) is 11.4. The highest BCUT2D eigenvalue weighted by atomic mass is 35.5. The van der Waals surface area contributed by atoms with Crippen molar-refractivity contribution in [1.82, 2.24) is 0 Å². The molecule has 0 aliphatic carbocycles. The van der Waals surface area contributed by atoms with Crippen LogP contribution in [0.3, 0.4) is 0 Å². The number of benzene rings is 2. The molecule has 0 fully saturated rings. The lowest BCUT2D eigenvalue weighted by molar-refractivity contribution is 0.601. The summed E-state index contributed by atoms with van der Waals surface area (Å²) in [5.74, 6) is 0. The van der Waals surface area contributed by atoms with Gasteiger partial charge in [0.1, 0.15) is 4.90 Å². The van der Waals surface area contributed by atoms with Gasteiger partial charge >= 0.3 is 0 Å². The summed E-state index contributed by atoms with van der Waals surface area (Å²) in [6.07, 6.45) is 0. The molecule has 2 aromatic rings. The molecule has 20 heavy (non-hydrogen) atoms. The van der Waals surface area contributed by atoms with Gasteiger partial charge in [-0.15, -0.1) is 0 Å². The molecule has 0 aliphatic rings. The van der Waals surface area contributed by atoms with Gasteiger partial charge in [0.2, 0.25) is 0 Å². The van der Waals surface area contributed by atoms with E-state index in [1.54, 1.807) is 25.1 Å². The van der Waals surface area contributed by atoms with E-state index < -0.39 is 10.0 Å². The van der Waals surface area contributed by atoms with E-state index in [2.05, 4.69) is 4.72 Å². The van der Waals surface area contributed by atoms with Crippen molar-refractivity contribution in [3.63, 3.8) is 0 Å². The Labute approximate surface area is 132 Å². The number of hydrogen-bond donors (Lipinski definition) is 1. The van der Waals surface area contributed by atoms with Crippen molar-refractivity contribution < 1.29 is 8.42 Å². The summed E-state index contributed by atoms with van der Waals surface area (Å²) in [6.45, 7) is 1.75. The zero-order valence-corrected chi connectivity index (χ0v) is 13.4. The quantitative estimate of drug-likeness (QED) is 0.867. The summed E-state index contributed by atoms with van der Waals surface area (Å²) >= 11 is 17.6. The molecule has 0 aliphatic heterocycles. The fraction of sp³-hybridized carbons (Fsp3) is 0.0769. The molecule has 0 bridgehead atoms. The molecule has 3 nitrogen and oxygen atoms in total. The predicted octanol–water partition coefficient (Wildman–Crippen LogP) is 4.76. The van der Waals surface area contributed by atoms with Gasteiger partial charge in [-0.2, -0.15) is 0 Å². The van der Waals surface area contributed by atoms with E-state index in [1.807, 2.05) is 0 Å².